The van der Waals surface area contributed by atoms with Gasteiger partial charge in [-0.05, 0) is 50.3 Å². The maximum Gasteiger partial charge on any atom is 0.319 e. The summed E-state index contributed by atoms with van der Waals surface area (Å²) < 4.78 is 0. The van der Waals surface area contributed by atoms with Crippen molar-refractivity contribution in [2.24, 2.45) is 5.92 Å². The number of amides is 2. The van der Waals surface area contributed by atoms with E-state index < -0.39 is 0 Å². The van der Waals surface area contributed by atoms with Crippen LogP contribution in [0.1, 0.15) is 32.8 Å². The molecule has 1 aliphatic heterocycles. The van der Waals surface area contributed by atoms with Gasteiger partial charge in [0.25, 0.3) is 0 Å². The number of hydrogen-bond acceptors (Lipinski definition) is 3. The zero-order valence-electron chi connectivity index (χ0n) is 13.7. The molecule has 1 heterocycles. The standard InChI is InChI=1S/C17H27N3O2/c1-4-20-8-7-14-5-6-15(10-16(14)20)19-17(22)18-11-12(2)9-13(3)21/h5-6,10,12-13,21H,4,7-9,11H2,1-3H3,(H2,18,19,22). The fourth-order valence-corrected chi connectivity index (χ4v) is 2.96. The normalized spacial score (nSPS) is 16.1. The average Bonchev–Trinajstić information content (AvgIpc) is 2.86. The van der Waals surface area contributed by atoms with E-state index in [4.69, 9.17) is 0 Å². The lowest BCUT2D eigenvalue weighted by Crippen LogP contribution is -2.33. The molecule has 0 aliphatic carbocycles. The Morgan fingerprint density at radius 2 is 2.18 bits per heavy atom. The summed E-state index contributed by atoms with van der Waals surface area (Å²) in [6.07, 6.45) is 1.42. The van der Waals surface area contributed by atoms with Crippen LogP contribution in [0.3, 0.4) is 0 Å². The number of hydrogen-bond donors (Lipinski definition) is 3. The van der Waals surface area contributed by atoms with Gasteiger partial charge in [0.15, 0.2) is 0 Å². The van der Waals surface area contributed by atoms with Crippen LogP contribution in [0.25, 0.3) is 0 Å². The Balaban J connectivity index is 1.87. The van der Waals surface area contributed by atoms with Crippen LogP contribution in [0.4, 0.5) is 16.2 Å². The van der Waals surface area contributed by atoms with Crippen LogP contribution in [0, 0.1) is 5.92 Å². The minimum atomic E-state index is -0.336. The third-order valence-electron chi connectivity index (χ3n) is 4.07. The number of nitrogens with zero attached hydrogens (tertiary/aromatic N) is 1. The van der Waals surface area contributed by atoms with Crippen molar-refractivity contribution in [1.82, 2.24) is 5.32 Å². The molecule has 1 aliphatic rings. The quantitative estimate of drug-likeness (QED) is 0.757. The fourth-order valence-electron chi connectivity index (χ4n) is 2.96. The van der Waals surface area contributed by atoms with E-state index in [0.29, 0.717) is 13.0 Å². The second-order valence-corrected chi connectivity index (χ2v) is 6.20. The molecule has 2 amide bonds. The van der Waals surface area contributed by atoms with E-state index >= 15 is 0 Å². The molecule has 0 spiro atoms. The second kappa shape index (κ2) is 7.49. The molecular formula is C17H27N3O2. The van der Waals surface area contributed by atoms with Crippen molar-refractivity contribution in [2.75, 3.05) is 29.9 Å². The lowest BCUT2D eigenvalue weighted by Gasteiger charge is -2.18. The molecule has 1 aromatic carbocycles. The van der Waals surface area contributed by atoms with Gasteiger partial charge in [-0.3, -0.25) is 0 Å². The number of fused-ring (bicyclic) bond motifs is 1. The number of anilines is 2. The molecular weight excluding hydrogens is 278 g/mol. The van der Waals surface area contributed by atoms with Crippen molar-refractivity contribution in [3.05, 3.63) is 23.8 Å². The Morgan fingerprint density at radius 1 is 1.41 bits per heavy atom. The first-order valence-electron chi connectivity index (χ1n) is 8.10. The van der Waals surface area contributed by atoms with Crippen molar-refractivity contribution in [3.8, 4) is 0 Å². The molecule has 5 heteroatoms. The van der Waals surface area contributed by atoms with Crippen molar-refractivity contribution in [1.29, 1.82) is 0 Å². The Bertz CT molecular complexity index is 517. The summed E-state index contributed by atoms with van der Waals surface area (Å²) in [7, 11) is 0. The van der Waals surface area contributed by atoms with Gasteiger partial charge in [0.2, 0.25) is 0 Å². The zero-order valence-corrected chi connectivity index (χ0v) is 13.7. The average molecular weight is 305 g/mol. The van der Waals surface area contributed by atoms with Crippen LogP contribution >= 0.6 is 0 Å². The number of rotatable bonds is 6. The Labute approximate surface area is 132 Å². The van der Waals surface area contributed by atoms with Crippen LogP contribution in [-0.4, -0.2) is 36.9 Å². The van der Waals surface area contributed by atoms with Gasteiger partial charge in [-0.25, -0.2) is 4.79 Å². The van der Waals surface area contributed by atoms with E-state index in [-0.39, 0.29) is 18.1 Å². The number of carbonyl (C=O) groups excluding carboxylic acids is 1. The number of likely N-dealkylation sites (N-methyl/N-ethyl adjacent to an activating group) is 1. The number of aliphatic hydroxyl groups excluding tert-OH is 1. The highest BCUT2D eigenvalue weighted by Crippen LogP contribution is 2.30. The Hall–Kier alpha value is -1.75. The van der Waals surface area contributed by atoms with E-state index in [9.17, 15) is 9.90 Å². The van der Waals surface area contributed by atoms with Crippen LogP contribution < -0.4 is 15.5 Å². The van der Waals surface area contributed by atoms with Crippen LogP contribution in [0.2, 0.25) is 0 Å². The third-order valence-corrected chi connectivity index (χ3v) is 4.07. The molecule has 5 nitrogen and oxygen atoms in total. The van der Waals surface area contributed by atoms with Crippen molar-refractivity contribution in [2.45, 2.75) is 39.7 Å². The lowest BCUT2D eigenvalue weighted by atomic mass is 10.1. The van der Waals surface area contributed by atoms with Gasteiger partial charge in [0.1, 0.15) is 0 Å². The van der Waals surface area contributed by atoms with E-state index in [1.54, 1.807) is 6.92 Å². The molecule has 2 rings (SSSR count). The summed E-state index contributed by atoms with van der Waals surface area (Å²) in [6.45, 7) is 8.52. The van der Waals surface area contributed by atoms with Gasteiger partial charge in [0.05, 0.1) is 6.10 Å². The van der Waals surface area contributed by atoms with Crippen LogP contribution in [0.5, 0.6) is 0 Å². The lowest BCUT2D eigenvalue weighted by molar-refractivity contribution is 0.163. The number of aliphatic hydroxyl groups is 1. The van der Waals surface area contributed by atoms with Gasteiger partial charge >= 0.3 is 6.03 Å². The first-order valence-corrected chi connectivity index (χ1v) is 8.10. The topological polar surface area (TPSA) is 64.6 Å². The molecule has 0 aromatic heterocycles. The summed E-state index contributed by atoms with van der Waals surface area (Å²) >= 11 is 0. The van der Waals surface area contributed by atoms with E-state index in [2.05, 4.69) is 28.5 Å². The predicted molar refractivity (Wildman–Crippen MR) is 90.5 cm³/mol. The van der Waals surface area contributed by atoms with E-state index in [0.717, 1.165) is 25.2 Å². The largest absolute Gasteiger partial charge is 0.393 e. The van der Waals surface area contributed by atoms with Gasteiger partial charge in [-0.1, -0.05) is 13.0 Å². The number of urea groups is 1. The number of carbonyl (C=O) groups is 1. The highest BCUT2D eigenvalue weighted by Gasteiger charge is 2.18. The van der Waals surface area contributed by atoms with E-state index in [1.807, 2.05) is 19.1 Å². The highest BCUT2D eigenvalue weighted by atomic mass is 16.3. The fraction of sp³-hybridized carbons (Fsp3) is 0.588. The molecule has 0 fully saturated rings. The number of nitrogens with one attached hydrogen (secondary N) is 2. The molecule has 1 aromatic rings. The van der Waals surface area contributed by atoms with Gasteiger partial charge < -0.3 is 20.6 Å². The van der Waals surface area contributed by atoms with Crippen LogP contribution in [0.15, 0.2) is 18.2 Å². The van der Waals surface area contributed by atoms with E-state index in [1.165, 1.54) is 11.3 Å². The number of benzene rings is 1. The van der Waals surface area contributed by atoms with Crippen molar-refractivity contribution in [3.63, 3.8) is 0 Å². The zero-order chi connectivity index (χ0) is 16.1. The molecule has 3 N–H and O–H groups in total. The summed E-state index contributed by atoms with van der Waals surface area (Å²) in [6, 6.07) is 5.90. The summed E-state index contributed by atoms with van der Waals surface area (Å²) in [5.74, 6) is 0.251. The molecule has 0 saturated carbocycles. The minimum Gasteiger partial charge on any atom is -0.393 e. The minimum absolute atomic E-state index is 0.196. The van der Waals surface area contributed by atoms with Gasteiger partial charge in [-0.15, -0.1) is 0 Å². The molecule has 22 heavy (non-hydrogen) atoms. The summed E-state index contributed by atoms with van der Waals surface area (Å²) in [5, 5.41) is 15.1. The highest BCUT2D eigenvalue weighted by molar-refractivity contribution is 5.90. The molecule has 2 unspecified atom stereocenters. The third kappa shape index (κ3) is 4.37. The smallest absolute Gasteiger partial charge is 0.319 e. The Kier molecular flexibility index (Phi) is 5.66. The summed E-state index contributed by atoms with van der Waals surface area (Å²) in [5.41, 5.74) is 3.39. The first-order chi connectivity index (χ1) is 10.5. The predicted octanol–water partition coefficient (Wildman–Crippen LogP) is 2.60. The first kappa shape index (κ1) is 16.6. The van der Waals surface area contributed by atoms with Gasteiger partial charge in [-0.2, -0.15) is 0 Å². The monoisotopic (exact) mass is 305 g/mol. The van der Waals surface area contributed by atoms with Gasteiger partial charge in [0, 0.05) is 31.0 Å². The molecule has 2 atom stereocenters. The second-order valence-electron chi connectivity index (χ2n) is 6.20. The van der Waals surface area contributed by atoms with Crippen molar-refractivity contribution >= 4 is 17.4 Å². The summed E-state index contributed by atoms with van der Waals surface area (Å²) in [4.78, 5) is 14.3. The SMILES string of the molecule is CCN1CCc2ccc(NC(=O)NCC(C)CC(C)O)cc21. The maximum absolute atomic E-state index is 12.0. The molecule has 122 valence electrons. The Morgan fingerprint density at radius 3 is 2.86 bits per heavy atom. The van der Waals surface area contributed by atoms with Crippen molar-refractivity contribution < 1.29 is 9.90 Å². The molecule has 0 radical (unpaired) electrons. The molecule has 0 bridgehead atoms. The van der Waals surface area contributed by atoms with Crippen LogP contribution in [-0.2, 0) is 6.42 Å². The maximum atomic E-state index is 12.0. The molecule has 0 saturated heterocycles.